The number of aromatic amines is 1. The lowest BCUT2D eigenvalue weighted by atomic mass is 9.99. The molecule has 0 bridgehead atoms. The van der Waals surface area contributed by atoms with E-state index in [-0.39, 0.29) is 17.4 Å². The van der Waals surface area contributed by atoms with Gasteiger partial charge in [-0.3, -0.25) is 9.59 Å². The topological polar surface area (TPSA) is 79.8 Å². The highest BCUT2D eigenvalue weighted by Gasteiger charge is 2.17. The van der Waals surface area contributed by atoms with Crippen molar-refractivity contribution in [1.82, 2.24) is 14.5 Å². The lowest BCUT2D eigenvalue weighted by molar-refractivity contribution is 0.103. The highest BCUT2D eigenvalue weighted by Crippen LogP contribution is 2.26. The zero-order valence-electron chi connectivity index (χ0n) is 15.8. The maximum atomic E-state index is 12.8. The van der Waals surface area contributed by atoms with Crippen LogP contribution in [0.3, 0.4) is 0 Å². The molecule has 6 nitrogen and oxygen atoms in total. The van der Waals surface area contributed by atoms with Gasteiger partial charge in [-0.15, -0.1) is 0 Å². The van der Waals surface area contributed by atoms with Crippen LogP contribution >= 0.6 is 11.3 Å². The van der Waals surface area contributed by atoms with Crippen molar-refractivity contribution in [3.8, 4) is 5.13 Å². The predicted octanol–water partition coefficient (Wildman–Crippen LogP) is 4.46. The van der Waals surface area contributed by atoms with E-state index in [9.17, 15) is 9.59 Å². The Hall–Kier alpha value is -3.19. The zero-order chi connectivity index (χ0) is 19.8. The normalized spacial score (nSPS) is 11.3. The van der Waals surface area contributed by atoms with Crippen LogP contribution in [-0.4, -0.2) is 20.4 Å². The number of anilines is 1. The molecule has 1 amide bonds. The van der Waals surface area contributed by atoms with E-state index in [1.807, 2.05) is 48.1 Å². The van der Waals surface area contributed by atoms with Crippen molar-refractivity contribution in [3.05, 3.63) is 75.3 Å². The number of nitrogens with one attached hydrogen (secondary N) is 2. The second-order valence-corrected chi connectivity index (χ2v) is 7.94. The number of fused-ring (bicyclic) bond motifs is 1. The van der Waals surface area contributed by atoms with E-state index in [1.54, 1.807) is 12.1 Å². The lowest BCUT2D eigenvalue weighted by Crippen LogP contribution is -2.12. The summed E-state index contributed by atoms with van der Waals surface area (Å²) < 4.78 is 1.88. The molecule has 0 fully saturated rings. The SMILES string of the molecule is Cc1nc(-n2cccc2)sc1C(=O)Nc1ccc2c(C(C)C)cc(=O)[nH]c2c1. The monoisotopic (exact) mass is 392 g/mol. The molecule has 0 atom stereocenters. The summed E-state index contributed by atoms with van der Waals surface area (Å²) in [6, 6.07) is 11.0. The molecule has 0 aliphatic carbocycles. The Bertz CT molecular complexity index is 1220. The van der Waals surface area contributed by atoms with Crippen LogP contribution in [0.25, 0.3) is 16.0 Å². The first kappa shape index (κ1) is 18.2. The fraction of sp³-hybridized carbons (Fsp3) is 0.190. The Labute approximate surface area is 165 Å². The highest BCUT2D eigenvalue weighted by atomic mass is 32.1. The molecule has 0 aliphatic heterocycles. The number of benzene rings is 1. The number of thiazole rings is 1. The summed E-state index contributed by atoms with van der Waals surface area (Å²) in [4.78, 5) is 32.6. The average Bonchev–Trinajstić information content (AvgIpc) is 3.30. The number of nitrogens with zero attached hydrogens (tertiary/aromatic N) is 2. The van der Waals surface area contributed by atoms with Gasteiger partial charge in [0.15, 0.2) is 5.13 Å². The molecule has 4 aromatic rings. The fourth-order valence-corrected chi connectivity index (χ4v) is 4.13. The molecule has 3 aromatic heterocycles. The van der Waals surface area contributed by atoms with Crippen molar-refractivity contribution in [3.63, 3.8) is 0 Å². The maximum Gasteiger partial charge on any atom is 0.267 e. The summed E-state index contributed by atoms with van der Waals surface area (Å²) in [5.41, 5.74) is 2.87. The summed E-state index contributed by atoms with van der Waals surface area (Å²) in [6.45, 7) is 5.93. The summed E-state index contributed by atoms with van der Waals surface area (Å²) in [6.07, 6.45) is 3.79. The van der Waals surface area contributed by atoms with Gasteiger partial charge in [0.05, 0.1) is 11.2 Å². The minimum atomic E-state index is -0.213. The number of carbonyl (C=O) groups excluding carboxylic acids is 1. The third-order valence-electron chi connectivity index (χ3n) is 4.57. The van der Waals surface area contributed by atoms with Crippen LogP contribution in [-0.2, 0) is 0 Å². The standard InChI is InChI=1S/C21H20N4O2S/c1-12(2)16-11-18(26)24-17-10-14(6-7-15(16)17)23-20(27)19-13(3)22-21(28-19)25-8-4-5-9-25/h4-12H,1-3H3,(H,23,27)(H,24,26). The predicted molar refractivity (Wildman–Crippen MR) is 113 cm³/mol. The number of hydrogen-bond donors (Lipinski definition) is 2. The number of pyridine rings is 1. The van der Waals surface area contributed by atoms with Gasteiger partial charge in [-0.1, -0.05) is 31.3 Å². The number of aromatic nitrogens is 3. The van der Waals surface area contributed by atoms with Crippen LogP contribution in [0.15, 0.2) is 53.6 Å². The smallest absolute Gasteiger partial charge is 0.267 e. The maximum absolute atomic E-state index is 12.8. The van der Waals surface area contributed by atoms with Crippen LogP contribution in [0, 0.1) is 6.92 Å². The molecule has 0 radical (unpaired) electrons. The molecular weight excluding hydrogens is 372 g/mol. The van der Waals surface area contributed by atoms with Crippen LogP contribution in [0.1, 0.15) is 40.7 Å². The van der Waals surface area contributed by atoms with E-state index in [2.05, 4.69) is 29.1 Å². The molecule has 4 rings (SSSR count). The van der Waals surface area contributed by atoms with Gasteiger partial charge in [-0.25, -0.2) is 4.98 Å². The van der Waals surface area contributed by atoms with Crippen LogP contribution in [0.5, 0.6) is 0 Å². The third-order valence-corrected chi connectivity index (χ3v) is 5.74. The molecule has 142 valence electrons. The number of hydrogen-bond acceptors (Lipinski definition) is 4. The minimum Gasteiger partial charge on any atom is -0.322 e. The number of rotatable bonds is 4. The Morgan fingerprint density at radius 3 is 2.68 bits per heavy atom. The molecule has 0 unspecified atom stereocenters. The molecule has 0 spiro atoms. The van der Waals surface area contributed by atoms with Gasteiger partial charge in [-0.2, -0.15) is 0 Å². The van der Waals surface area contributed by atoms with Crippen LogP contribution in [0.4, 0.5) is 5.69 Å². The highest BCUT2D eigenvalue weighted by molar-refractivity contribution is 7.16. The molecule has 0 saturated heterocycles. The molecule has 28 heavy (non-hydrogen) atoms. The molecule has 3 heterocycles. The zero-order valence-corrected chi connectivity index (χ0v) is 16.6. The van der Waals surface area contributed by atoms with Crippen LogP contribution in [0.2, 0.25) is 0 Å². The quantitative estimate of drug-likeness (QED) is 0.538. The van der Waals surface area contributed by atoms with Gasteiger partial charge in [0.1, 0.15) is 4.88 Å². The Morgan fingerprint density at radius 1 is 1.21 bits per heavy atom. The number of aryl methyl sites for hydroxylation is 1. The average molecular weight is 392 g/mol. The number of carbonyl (C=O) groups is 1. The van der Waals surface area contributed by atoms with Gasteiger partial charge in [0, 0.05) is 29.5 Å². The Kier molecular flexibility index (Phi) is 4.60. The van der Waals surface area contributed by atoms with E-state index in [4.69, 9.17) is 0 Å². The summed E-state index contributed by atoms with van der Waals surface area (Å²) in [5, 5.41) is 4.65. The Balaban J connectivity index is 1.65. The first-order valence-corrected chi connectivity index (χ1v) is 9.83. The Morgan fingerprint density at radius 2 is 1.96 bits per heavy atom. The molecule has 0 saturated carbocycles. The van der Waals surface area contributed by atoms with Crippen LogP contribution < -0.4 is 10.9 Å². The molecule has 2 N–H and O–H groups in total. The molecule has 1 aromatic carbocycles. The molecule has 0 aliphatic rings. The largest absolute Gasteiger partial charge is 0.322 e. The number of H-pyrrole nitrogens is 1. The van der Waals surface area contributed by atoms with Gasteiger partial charge in [-0.05, 0) is 42.7 Å². The summed E-state index contributed by atoms with van der Waals surface area (Å²) in [7, 11) is 0. The van der Waals surface area contributed by atoms with E-state index < -0.39 is 0 Å². The van der Waals surface area contributed by atoms with Crippen molar-refractivity contribution < 1.29 is 4.79 Å². The van der Waals surface area contributed by atoms with Gasteiger partial charge in [0.25, 0.3) is 5.91 Å². The van der Waals surface area contributed by atoms with E-state index >= 15 is 0 Å². The third kappa shape index (κ3) is 3.36. The van der Waals surface area contributed by atoms with E-state index in [1.165, 1.54) is 11.3 Å². The minimum absolute atomic E-state index is 0.144. The molecule has 7 heteroatoms. The first-order chi connectivity index (χ1) is 13.4. The lowest BCUT2D eigenvalue weighted by Gasteiger charge is -2.11. The van der Waals surface area contributed by atoms with Crippen molar-refractivity contribution in [2.24, 2.45) is 0 Å². The van der Waals surface area contributed by atoms with Gasteiger partial charge >= 0.3 is 0 Å². The first-order valence-electron chi connectivity index (χ1n) is 9.01. The van der Waals surface area contributed by atoms with Crippen molar-refractivity contribution in [1.29, 1.82) is 0 Å². The fourth-order valence-electron chi connectivity index (χ4n) is 3.20. The van der Waals surface area contributed by atoms with Gasteiger partial charge < -0.3 is 14.9 Å². The van der Waals surface area contributed by atoms with E-state index in [0.717, 1.165) is 16.1 Å². The van der Waals surface area contributed by atoms with Crippen molar-refractivity contribution in [2.75, 3.05) is 5.32 Å². The summed E-state index contributed by atoms with van der Waals surface area (Å²) in [5.74, 6) is 0.0207. The molecular formula is C21H20N4O2S. The van der Waals surface area contributed by atoms with E-state index in [0.29, 0.717) is 21.8 Å². The van der Waals surface area contributed by atoms with Crippen molar-refractivity contribution >= 4 is 33.8 Å². The second kappa shape index (κ2) is 7.09. The van der Waals surface area contributed by atoms with Crippen molar-refractivity contribution in [2.45, 2.75) is 26.7 Å². The second-order valence-electron chi connectivity index (χ2n) is 6.96. The number of amides is 1. The van der Waals surface area contributed by atoms with Gasteiger partial charge in [0.2, 0.25) is 5.56 Å². The summed E-state index contributed by atoms with van der Waals surface area (Å²) >= 11 is 1.34.